The molecule has 0 radical (unpaired) electrons. The zero-order valence-corrected chi connectivity index (χ0v) is 15.9. The first kappa shape index (κ1) is 18.0. The minimum Gasteiger partial charge on any atom is -0.512 e. The molecule has 2 heterocycles. The second-order valence-corrected chi connectivity index (χ2v) is 7.80. The van der Waals surface area contributed by atoms with Crippen molar-refractivity contribution in [1.82, 2.24) is 15.0 Å². The Hall–Kier alpha value is -3.35. The Bertz CT molecular complexity index is 1170. The van der Waals surface area contributed by atoms with Crippen LogP contribution >= 0.6 is 0 Å². The zero-order valence-electron chi connectivity index (χ0n) is 15.9. The maximum atomic E-state index is 13.0. The predicted molar refractivity (Wildman–Crippen MR) is 106 cm³/mol. The van der Waals surface area contributed by atoms with Crippen molar-refractivity contribution in [1.29, 1.82) is 0 Å². The summed E-state index contributed by atoms with van der Waals surface area (Å²) in [5.41, 5.74) is 1.44. The quantitative estimate of drug-likeness (QED) is 0.644. The molecule has 0 unspecified atom stereocenters. The molecule has 0 atom stereocenters. The first-order valence-electron chi connectivity index (χ1n) is 9.02. The molecule has 144 valence electrons. The Morgan fingerprint density at radius 2 is 1.82 bits per heavy atom. The maximum Gasteiger partial charge on any atom is 0.298 e. The van der Waals surface area contributed by atoms with Crippen LogP contribution in [0, 0.1) is 5.41 Å². The van der Waals surface area contributed by atoms with Gasteiger partial charge in [0.2, 0.25) is 0 Å². The molecule has 2 aromatic heterocycles. The summed E-state index contributed by atoms with van der Waals surface area (Å²) in [5, 5.41) is 11.0. The number of fused-ring (bicyclic) bond motifs is 1. The number of carbonyl (C=O) groups is 1. The number of aliphatic hydroxyl groups is 1. The molecule has 7 heteroatoms. The molecule has 4 rings (SSSR count). The van der Waals surface area contributed by atoms with Gasteiger partial charge in [-0.15, -0.1) is 0 Å². The number of aromatic amines is 2. The number of aliphatic hydroxyl groups excluding tert-OH is 1. The lowest BCUT2D eigenvalue weighted by molar-refractivity contribution is -0.116. The monoisotopic (exact) mass is 379 g/mol. The summed E-state index contributed by atoms with van der Waals surface area (Å²) in [6.07, 6.45) is 0.644. The van der Waals surface area contributed by atoms with Crippen LogP contribution in [0.25, 0.3) is 27.9 Å². The van der Waals surface area contributed by atoms with Gasteiger partial charge in [-0.25, -0.2) is 0 Å². The summed E-state index contributed by atoms with van der Waals surface area (Å²) in [6, 6.07) is 9.42. The van der Waals surface area contributed by atoms with Crippen molar-refractivity contribution in [3.8, 4) is 17.3 Å². The number of nitrogens with zero attached hydrogens (tertiary/aromatic N) is 1. The first-order valence-corrected chi connectivity index (χ1v) is 9.02. The van der Waals surface area contributed by atoms with E-state index in [1.165, 1.54) is 7.11 Å². The average Bonchev–Trinajstić information content (AvgIpc) is 3.00. The number of carbonyl (C=O) groups excluding carboxylic acids is 1. The van der Waals surface area contributed by atoms with Crippen molar-refractivity contribution < 1.29 is 14.6 Å². The van der Waals surface area contributed by atoms with E-state index in [0.29, 0.717) is 23.3 Å². The molecular formula is C21H21N3O4. The molecule has 0 amide bonds. The van der Waals surface area contributed by atoms with Gasteiger partial charge in [-0.2, -0.15) is 4.98 Å². The average molecular weight is 379 g/mol. The Morgan fingerprint density at radius 3 is 2.46 bits per heavy atom. The Morgan fingerprint density at radius 1 is 1.11 bits per heavy atom. The van der Waals surface area contributed by atoms with Crippen LogP contribution in [0.15, 0.2) is 40.9 Å². The molecule has 1 aliphatic rings. The van der Waals surface area contributed by atoms with Crippen molar-refractivity contribution in [2.24, 2.45) is 5.41 Å². The summed E-state index contributed by atoms with van der Waals surface area (Å²) < 4.78 is 5.06. The van der Waals surface area contributed by atoms with Gasteiger partial charge in [-0.1, -0.05) is 44.2 Å². The van der Waals surface area contributed by atoms with E-state index in [9.17, 15) is 14.7 Å². The molecular weight excluding hydrogens is 358 g/mol. The van der Waals surface area contributed by atoms with Gasteiger partial charge in [0.05, 0.1) is 23.8 Å². The lowest BCUT2D eigenvalue weighted by Crippen LogP contribution is -2.25. The third-order valence-electron chi connectivity index (χ3n) is 5.00. The van der Waals surface area contributed by atoms with Gasteiger partial charge in [-0.3, -0.25) is 14.6 Å². The molecule has 1 aromatic carbocycles. The second kappa shape index (κ2) is 6.37. The van der Waals surface area contributed by atoms with Gasteiger partial charge in [0, 0.05) is 18.4 Å². The highest BCUT2D eigenvalue weighted by Crippen LogP contribution is 2.43. The molecule has 7 nitrogen and oxygen atoms in total. The van der Waals surface area contributed by atoms with Crippen LogP contribution < -0.4 is 10.3 Å². The van der Waals surface area contributed by atoms with Crippen molar-refractivity contribution in [3.05, 3.63) is 52.0 Å². The molecule has 0 spiro atoms. The summed E-state index contributed by atoms with van der Waals surface area (Å²) in [5.74, 6) is -0.198. The number of Topliss-reactive ketones (excluding diaryl/α,β-unsaturated/α-hetero) is 1. The number of rotatable bonds is 3. The second-order valence-electron chi connectivity index (χ2n) is 7.80. The highest BCUT2D eigenvalue weighted by molar-refractivity contribution is 6.26. The molecule has 0 fully saturated rings. The number of benzene rings is 1. The fourth-order valence-electron chi connectivity index (χ4n) is 3.82. The van der Waals surface area contributed by atoms with E-state index >= 15 is 0 Å². The van der Waals surface area contributed by atoms with E-state index < -0.39 is 5.56 Å². The summed E-state index contributed by atoms with van der Waals surface area (Å²) >= 11 is 0. The Balaban J connectivity index is 2.09. The van der Waals surface area contributed by atoms with Gasteiger partial charge in [0.25, 0.3) is 11.6 Å². The van der Waals surface area contributed by atoms with E-state index in [-0.39, 0.29) is 40.3 Å². The molecule has 0 saturated carbocycles. The first-order chi connectivity index (χ1) is 13.3. The number of allylic oxidation sites excluding steroid dienone is 2. The van der Waals surface area contributed by atoms with Crippen LogP contribution in [0.3, 0.4) is 0 Å². The standard InChI is InChI=1S/C21H21N3O4/c1-21(2)9-12(25)14(13(26)10-21)15-16-18(23-20(28-3)24-19(16)27)22-17(15)11-7-5-4-6-8-11/h4-8,25H,9-10H2,1-3H3,(H2,22,23,24,27). The van der Waals surface area contributed by atoms with Crippen LogP contribution in [-0.4, -0.2) is 33.0 Å². The largest absolute Gasteiger partial charge is 0.512 e. The Kier molecular flexibility index (Phi) is 4.10. The van der Waals surface area contributed by atoms with Crippen LogP contribution in [-0.2, 0) is 4.79 Å². The van der Waals surface area contributed by atoms with Gasteiger partial charge in [-0.05, 0) is 11.0 Å². The van der Waals surface area contributed by atoms with E-state index in [0.717, 1.165) is 5.56 Å². The lowest BCUT2D eigenvalue weighted by atomic mass is 9.74. The number of aromatic nitrogens is 3. The topological polar surface area (TPSA) is 108 Å². The third kappa shape index (κ3) is 2.89. The normalized spacial score (nSPS) is 16.6. The van der Waals surface area contributed by atoms with Crippen LogP contribution in [0.4, 0.5) is 0 Å². The number of hydrogen-bond donors (Lipinski definition) is 3. The fraction of sp³-hybridized carbons (Fsp3) is 0.286. The van der Waals surface area contributed by atoms with E-state index in [1.807, 2.05) is 44.2 Å². The van der Waals surface area contributed by atoms with E-state index in [2.05, 4.69) is 15.0 Å². The van der Waals surface area contributed by atoms with Crippen molar-refractivity contribution in [2.75, 3.05) is 7.11 Å². The number of ether oxygens (including phenoxy) is 1. The summed E-state index contributed by atoms with van der Waals surface area (Å²) in [4.78, 5) is 35.8. The molecule has 28 heavy (non-hydrogen) atoms. The number of methoxy groups -OCH3 is 1. The minimum atomic E-state index is -0.437. The number of H-pyrrole nitrogens is 2. The smallest absolute Gasteiger partial charge is 0.298 e. The van der Waals surface area contributed by atoms with Gasteiger partial charge < -0.3 is 14.8 Å². The Labute approximate surface area is 161 Å². The number of hydrogen-bond acceptors (Lipinski definition) is 5. The molecule has 3 aromatic rings. The predicted octanol–water partition coefficient (Wildman–Crippen LogP) is 3.59. The number of ketones is 1. The highest BCUT2D eigenvalue weighted by Gasteiger charge is 2.36. The van der Waals surface area contributed by atoms with Crippen LogP contribution in [0.5, 0.6) is 6.01 Å². The van der Waals surface area contributed by atoms with Gasteiger partial charge in [0.15, 0.2) is 5.78 Å². The molecule has 3 N–H and O–H groups in total. The molecule has 1 aliphatic carbocycles. The van der Waals surface area contributed by atoms with Crippen LogP contribution in [0.1, 0.15) is 32.3 Å². The fourth-order valence-corrected chi connectivity index (χ4v) is 3.82. The van der Waals surface area contributed by atoms with Crippen molar-refractivity contribution in [3.63, 3.8) is 0 Å². The van der Waals surface area contributed by atoms with Crippen LogP contribution in [0.2, 0.25) is 0 Å². The van der Waals surface area contributed by atoms with Crippen molar-refractivity contribution >= 4 is 22.4 Å². The highest BCUT2D eigenvalue weighted by atomic mass is 16.5. The summed E-state index contributed by atoms with van der Waals surface area (Å²) in [7, 11) is 1.41. The maximum absolute atomic E-state index is 13.0. The molecule has 0 bridgehead atoms. The molecule has 0 aliphatic heterocycles. The molecule has 0 saturated heterocycles. The minimum absolute atomic E-state index is 0.00505. The van der Waals surface area contributed by atoms with E-state index in [1.54, 1.807) is 0 Å². The van der Waals surface area contributed by atoms with Crippen molar-refractivity contribution in [2.45, 2.75) is 26.7 Å². The zero-order chi connectivity index (χ0) is 20.1. The SMILES string of the molecule is COc1nc2[nH]c(-c3ccccc3)c(C3=C(O)CC(C)(C)CC3=O)c2c(=O)[nH]1. The summed E-state index contributed by atoms with van der Waals surface area (Å²) in [6.45, 7) is 3.87. The van der Waals surface area contributed by atoms with E-state index in [4.69, 9.17) is 4.74 Å². The lowest BCUT2D eigenvalue weighted by Gasteiger charge is -2.29. The number of nitrogens with one attached hydrogen (secondary N) is 2. The van der Waals surface area contributed by atoms with Gasteiger partial charge in [0.1, 0.15) is 11.4 Å². The van der Waals surface area contributed by atoms with Gasteiger partial charge >= 0.3 is 0 Å². The third-order valence-corrected chi connectivity index (χ3v) is 5.00.